The number of nitrogens with zero attached hydrogens (tertiary/aromatic N) is 1. The van der Waals surface area contributed by atoms with Gasteiger partial charge in [-0.25, -0.2) is 8.42 Å². The van der Waals surface area contributed by atoms with Crippen LogP contribution in [-0.2, 0) is 14.6 Å². The fourth-order valence-corrected chi connectivity index (χ4v) is 3.31. The zero-order valence-corrected chi connectivity index (χ0v) is 8.88. The summed E-state index contributed by atoms with van der Waals surface area (Å²) in [5.74, 6) is 0.0814. The topological polar surface area (TPSA) is 75.0 Å². The SMILES string of the molecule is CCS(=O)(=O)[C@H]1CC[C@](C#N)(C=O)C1. The van der Waals surface area contributed by atoms with Crippen molar-refractivity contribution in [3.63, 3.8) is 0 Å². The van der Waals surface area contributed by atoms with E-state index in [-0.39, 0.29) is 12.2 Å². The van der Waals surface area contributed by atoms with Gasteiger partial charge in [0.05, 0.1) is 11.3 Å². The van der Waals surface area contributed by atoms with Crippen molar-refractivity contribution in [2.24, 2.45) is 5.41 Å². The second kappa shape index (κ2) is 3.70. The highest BCUT2D eigenvalue weighted by Crippen LogP contribution is 2.39. The number of nitriles is 1. The molecule has 1 rings (SSSR count). The smallest absolute Gasteiger partial charge is 0.152 e. The number of hydrogen-bond acceptors (Lipinski definition) is 4. The molecule has 78 valence electrons. The Kier molecular flexibility index (Phi) is 2.95. The molecule has 0 heterocycles. The van der Waals surface area contributed by atoms with Crippen LogP contribution in [0.5, 0.6) is 0 Å². The van der Waals surface area contributed by atoms with Crippen molar-refractivity contribution in [1.29, 1.82) is 5.26 Å². The van der Waals surface area contributed by atoms with Gasteiger partial charge in [-0.05, 0) is 19.3 Å². The standard InChI is InChI=1S/C9H13NO3S/c1-2-14(12,13)8-3-4-9(5-8,6-10)7-11/h7-8H,2-5H2,1H3/t8-,9-/m0/s1. The molecule has 0 bridgehead atoms. The maximum Gasteiger partial charge on any atom is 0.152 e. The Hall–Kier alpha value is -0.890. The highest BCUT2D eigenvalue weighted by molar-refractivity contribution is 7.92. The van der Waals surface area contributed by atoms with E-state index in [2.05, 4.69) is 0 Å². The van der Waals surface area contributed by atoms with Crippen LogP contribution in [0.25, 0.3) is 0 Å². The molecule has 0 saturated heterocycles. The van der Waals surface area contributed by atoms with Gasteiger partial charge < -0.3 is 4.79 Å². The van der Waals surface area contributed by atoms with Crippen LogP contribution >= 0.6 is 0 Å². The summed E-state index contributed by atoms with van der Waals surface area (Å²) < 4.78 is 23.0. The second-order valence-electron chi connectivity index (χ2n) is 3.70. The Morgan fingerprint density at radius 2 is 2.29 bits per heavy atom. The van der Waals surface area contributed by atoms with Crippen LogP contribution < -0.4 is 0 Å². The molecule has 0 amide bonds. The molecule has 1 saturated carbocycles. The number of carbonyl (C=O) groups is 1. The van der Waals surface area contributed by atoms with Gasteiger partial charge in [0.15, 0.2) is 9.84 Å². The second-order valence-corrected chi connectivity index (χ2v) is 6.27. The molecule has 1 aliphatic rings. The highest BCUT2D eigenvalue weighted by Gasteiger charge is 2.44. The first-order chi connectivity index (χ1) is 6.49. The van der Waals surface area contributed by atoms with E-state index in [0.29, 0.717) is 19.1 Å². The van der Waals surface area contributed by atoms with Gasteiger partial charge in [0.1, 0.15) is 11.7 Å². The van der Waals surface area contributed by atoms with Gasteiger partial charge >= 0.3 is 0 Å². The van der Waals surface area contributed by atoms with E-state index in [0.717, 1.165) is 0 Å². The van der Waals surface area contributed by atoms with Gasteiger partial charge in [0.25, 0.3) is 0 Å². The van der Waals surface area contributed by atoms with E-state index in [9.17, 15) is 13.2 Å². The molecule has 0 unspecified atom stereocenters. The van der Waals surface area contributed by atoms with Gasteiger partial charge in [-0.1, -0.05) is 6.92 Å². The minimum absolute atomic E-state index is 0.0814. The van der Waals surface area contributed by atoms with Gasteiger partial charge in [0, 0.05) is 5.75 Å². The highest BCUT2D eigenvalue weighted by atomic mass is 32.2. The van der Waals surface area contributed by atoms with Crippen LogP contribution in [0.4, 0.5) is 0 Å². The summed E-state index contributed by atoms with van der Waals surface area (Å²) in [6.45, 7) is 1.59. The summed E-state index contributed by atoms with van der Waals surface area (Å²) in [5.41, 5.74) is -1.05. The fraction of sp³-hybridized carbons (Fsp3) is 0.778. The lowest BCUT2D eigenvalue weighted by Crippen LogP contribution is -2.23. The molecule has 0 aromatic carbocycles. The molecule has 1 aliphatic carbocycles. The molecular formula is C9H13NO3S. The van der Waals surface area contributed by atoms with Crippen molar-refractivity contribution in [2.75, 3.05) is 5.75 Å². The third-order valence-corrected chi connectivity index (χ3v) is 5.09. The van der Waals surface area contributed by atoms with E-state index < -0.39 is 20.5 Å². The largest absolute Gasteiger partial charge is 0.302 e. The minimum Gasteiger partial charge on any atom is -0.302 e. The fourth-order valence-electron chi connectivity index (χ4n) is 1.81. The summed E-state index contributed by atoms with van der Waals surface area (Å²) >= 11 is 0. The summed E-state index contributed by atoms with van der Waals surface area (Å²) in [6.07, 6.45) is 1.57. The Balaban J connectivity index is 2.86. The van der Waals surface area contributed by atoms with Crippen LogP contribution in [-0.4, -0.2) is 25.7 Å². The van der Waals surface area contributed by atoms with Crippen molar-refractivity contribution in [3.8, 4) is 6.07 Å². The van der Waals surface area contributed by atoms with E-state index in [1.165, 1.54) is 0 Å². The van der Waals surface area contributed by atoms with Crippen molar-refractivity contribution >= 4 is 16.1 Å². The van der Waals surface area contributed by atoms with Crippen LogP contribution in [0.3, 0.4) is 0 Å². The predicted octanol–water partition coefficient (Wildman–Crippen LogP) is 0.682. The van der Waals surface area contributed by atoms with Crippen LogP contribution in [0.2, 0.25) is 0 Å². The first kappa shape index (κ1) is 11.2. The molecule has 0 N–H and O–H groups in total. The first-order valence-corrected chi connectivity index (χ1v) is 6.30. The molecule has 2 atom stereocenters. The number of sulfone groups is 1. The molecule has 0 radical (unpaired) electrons. The van der Waals surface area contributed by atoms with Crippen molar-refractivity contribution < 1.29 is 13.2 Å². The van der Waals surface area contributed by atoms with Crippen molar-refractivity contribution in [2.45, 2.75) is 31.4 Å². The van der Waals surface area contributed by atoms with Crippen LogP contribution in [0.15, 0.2) is 0 Å². The number of carbonyl (C=O) groups excluding carboxylic acids is 1. The average molecular weight is 215 g/mol. The predicted molar refractivity (Wildman–Crippen MR) is 51.2 cm³/mol. The monoisotopic (exact) mass is 215 g/mol. The maximum absolute atomic E-state index is 11.5. The molecule has 0 aliphatic heterocycles. The number of aldehydes is 1. The van der Waals surface area contributed by atoms with Crippen LogP contribution in [0, 0.1) is 16.7 Å². The van der Waals surface area contributed by atoms with Gasteiger partial charge in [-0.2, -0.15) is 5.26 Å². The van der Waals surface area contributed by atoms with E-state index in [1.54, 1.807) is 6.92 Å². The van der Waals surface area contributed by atoms with E-state index in [1.807, 2.05) is 6.07 Å². The lowest BCUT2D eigenvalue weighted by atomic mass is 9.90. The van der Waals surface area contributed by atoms with Gasteiger partial charge in [0.2, 0.25) is 0 Å². The molecule has 0 aromatic rings. The first-order valence-electron chi connectivity index (χ1n) is 4.59. The Bertz CT molecular complexity index is 368. The minimum atomic E-state index is -3.10. The Morgan fingerprint density at radius 3 is 2.64 bits per heavy atom. The van der Waals surface area contributed by atoms with E-state index >= 15 is 0 Å². The summed E-state index contributed by atoms with van der Waals surface area (Å²) in [6, 6.07) is 1.92. The molecule has 14 heavy (non-hydrogen) atoms. The van der Waals surface area contributed by atoms with Crippen molar-refractivity contribution in [1.82, 2.24) is 0 Å². The van der Waals surface area contributed by atoms with Crippen molar-refractivity contribution in [3.05, 3.63) is 0 Å². The zero-order chi connectivity index (χ0) is 10.8. The van der Waals surface area contributed by atoms with E-state index in [4.69, 9.17) is 5.26 Å². The quantitative estimate of drug-likeness (QED) is 0.649. The third-order valence-electron chi connectivity index (χ3n) is 2.86. The lowest BCUT2D eigenvalue weighted by molar-refractivity contribution is -0.113. The summed E-state index contributed by atoms with van der Waals surface area (Å²) in [7, 11) is -3.10. The van der Waals surface area contributed by atoms with Gasteiger partial charge in [-0.3, -0.25) is 0 Å². The Labute approximate surface area is 83.8 Å². The molecule has 5 heteroatoms. The average Bonchev–Trinajstić information content (AvgIpc) is 2.63. The molecule has 0 spiro atoms. The molecule has 0 aromatic heterocycles. The molecular weight excluding hydrogens is 202 g/mol. The zero-order valence-electron chi connectivity index (χ0n) is 8.06. The number of rotatable bonds is 3. The summed E-state index contributed by atoms with van der Waals surface area (Å²) in [5, 5.41) is 8.29. The van der Waals surface area contributed by atoms with Gasteiger partial charge in [-0.15, -0.1) is 0 Å². The molecule has 1 fully saturated rings. The summed E-state index contributed by atoms with van der Waals surface area (Å²) in [4.78, 5) is 10.7. The Morgan fingerprint density at radius 1 is 1.64 bits per heavy atom. The normalized spacial score (nSPS) is 32.4. The van der Waals surface area contributed by atoms with Crippen LogP contribution in [0.1, 0.15) is 26.2 Å². The lowest BCUT2D eigenvalue weighted by Gasteiger charge is -2.12. The molecule has 4 nitrogen and oxygen atoms in total. The third kappa shape index (κ3) is 1.80. The maximum atomic E-state index is 11.5. The number of hydrogen-bond donors (Lipinski definition) is 0.